The Kier molecular flexibility index (Phi) is 6.05. The zero-order valence-corrected chi connectivity index (χ0v) is 11.7. The van der Waals surface area contributed by atoms with Crippen molar-refractivity contribution in [3.8, 4) is 5.75 Å². The largest absolute Gasteiger partial charge is 0.497 e. The smallest absolute Gasteiger partial charge is 0.319 e. The molecule has 0 aliphatic heterocycles. The molecule has 0 aromatic heterocycles. The Labute approximate surface area is 110 Å². The topological polar surface area (TPSA) is 35.5 Å². The molecule has 1 rings (SSSR count). The molecule has 0 N–H and O–H groups in total. The molecule has 0 bridgehead atoms. The lowest BCUT2D eigenvalue weighted by molar-refractivity contribution is -0.139. The van der Waals surface area contributed by atoms with Gasteiger partial charge >= 0.3 is 5.97 Å². The summed E-state index contributed by atoms with van der Waals surface area (Å²) < 4.78 is 9.73. The van der Waals surface area contributed by atoms with Gasteiger partial charge in [-0.25, -0.2) is 0 Å². The Bertz CT molecular complexity index is 348. The third kappa shape index (κ3) is 4.77. The third-order valence-corrected chi connectivity index (χ3v) is 3.37. The van der Waals surface area contributed by atoms with Crippen molar-refractivity contribution in [2.24, 2.45) is 0 Å². The lowest BCUT2D eigenvalue weighted by atomic mass is 10.1. The maximum Gasteiger partial charge on any atom is 0.319 e. The molecule has 94 valence electrons. The molecule has 1 atom stereocenters. The molecule has 3 nitrogen and oxygen atoms in total. The summed E-state index contributed by atoms with van der Waals surface area (Å²) in [4.78, 5) is 10.9. The summed E-state index contributed by atoms with van der Waals surface area (Å²) in [6.45, 7) is 0. The number of ether oxygens (including phenoxy) is 2. The van der Waals surface area contributed by atoms with Crippen LogP contribution in [0.5, 0.6) is 5.75 Å². The van der Waals surface area contributed by atoms with Gasteiger partial charge in [-0.2, -0.15) is 0 Å². The Balaban J connectivity index is 2.33. The van der Waals surface area contributed by atoms with Crippen LogP contribution in [0.15, 0.2) is 24.3 Å². The predicted molar refractivity (Wildman–Crippen MR) is 70.7 cm³/mol. The van der Waals surface area contributed by atoms with Gasteiger partial charge in [-0.05, 0) is 37.0 Å². The third-order valence-electron chi connectivity index (χ3n) is 2.54. The molecule has 0 heterocycles. The first-order chi connectivity index (χ1) is 8.17. The molecule has 0 amide bonds. The van der Waals surface area contributed by atoms with E-state index in [0.717, 1.165) is 25.0 Å². The molecular weight excluding hydrogens is 284 g/mol. The number of halogens is 1. The number of methoxy groups -OCH3 is 2. The van der Waals surface area contributed by atoms with E-state index in [2.05, 4.69) is 20.7 Å². The van der Waals surface area contributed by atoms with E-state index < -0.39 is 0 Å². The first kappa shape index (κ1) is 14.0. The molecule has 0 aliphatic rings. The van der Waals surface area contributed by atoms with Gasteiger partial charge in [0, 0.05) is 0 Å². The average molecular weight is 301 g/mol. The molecule has 0 radical (unpaired) electrons. The standard InChI is InChI=1S/C13H17BrO3/c1-16-11-8-6-10(7-9-11)4-3-5-12(14)13(15)17-2/h6-9,12H,3-5H2,1-2H3. The SMILES string of the molecule is COC(=O)C(Br)CCCc1ccc(OC)cc1. The van der Waals surface area contributed by atoms with E-state index in [1.165, 1.54) is 12.7 Å². The van der Waals surface area contributed by atoms with Crippen LogP contribution in [0.2, 0.25) is 0 Å². The number of benzene rings is 1. The van der Waals surface area contributed by atoms with E-state index in [1.54, 1.807) is 7.11 Å². The highest BCUT2D eigenvalue weighted by molar-refractivity contribution is 9.10. The van der Waals surface area contributed by atoms with Gasteiger partial charge in [0.25, 0.3) is 0 Å². The summed E-state index contributed by atoms with van der Waals surface area (Å²) >= 11 is 3.31. The van der Waals surface area contributed by atoms with Crippen molar-refractivity contribution in [1.82, 2.24) is 0 Å². The fraction of sp³-hybridized carbons (Fsp3) is 0.462. The zero-order chi connectivity index (χ0) is 12.7. The van der Waals surface area contributed by atoms with Crippen LogP contribution in [0, 0.1) is 0 Å². The monoisotopic (exact) mass is 300 g/mol. The fourth-order valence-electron chi connectivity index (χ4n) is 1.52. The molecule has 0 saturated heterocycles. The van der Waals surface area contributed by atoms with Gasteiger partial charge < -0.3 is 9.47 Å². The van der Waals surface area contributed by atoms with Crippen LogP contribution in [0.3, 0.4) is 0 Å². The van der Waals surface area contributed by atoms with Gasteiger partial charge in [-0.3, -0.25) is 4.79 Å². The minimum absolute atomic E-state index is 0.203. The van der Waals surface area contributed by atoms with Crippen molar-refractivity contribution in [2.75, 3.05) is 14.2 Å². The number of esters is 1. The Morgan fingerprint density at radius 3 is 2.47 bits per heavy atom. The van der Waals surface area contributed by atoms with Crippen molar-refractivity contribution in [2.45, 2.75) is 24.1 Å². The van der Waals surface area contributed by atoms with Crippen LogP contribution in [-0.2, 0) is 16.0 Å². The second-order valence-electron chi connectivity index (χ2n) is 3.73. The van der Waals surface area contributed by atoms with Crippen LogP contribution >= 0.6 is 15.9 Å². The molecule has 1 aromatic rings. The zero-order valence-electron chi connectivity index (χ0n) is 10.1. The second-order valence-corrected chi connectivity index (χ2v) is 4.84. The molecule has 4 heteroatoms. The van der Waals surface area contributed by atoms with E-state index in [4.69, 9.17) is 4.74 Å². The van der Waals surface area contributed by atoms with Crippen LogP contribution in [-0.4, -0.2) is 25.0 Å². The molecule has 0 fully saturated rings. The van der Waals surface area contributed by atoms with Gasteiger partial charge in [0.2, 0.25) is 0 Å². The number of hydrogen-bond donors (Lipinski definition) is 0. The highest BCUT2D eigenvalue weighted by Crippen LogP contribution is 2.16. The molecule has 0 spiro atoms. The normalized spacial score (nSPS) is 11.9. The number of hydrogen-bond acceptors (Lipinski definition) is 3. The van der Waals surface area contributed by atoms with Gasteiger partial charge in [-0.1, -0.05) is 28.1 Å². The highest BCUT2D eigenvalue weighted by atomic mass is 79.9. The maximum atomic E-state index is 11.2. The second kappa shape index (κ2) is 7.33. The summed E-state index contributed by atoms with van der Waals surface area (Å²) in [5, 5.41) is 0. The molecular formula is C13H17BrO3. The average Bonchev–Trinajstić information content (AvgIpc) is 2.38. The Morgan fingerprint density at radius 1 is 1.29 bits per heavy atom. The van der Waals surface area contributed by atoms with Gasteiger partial charge in [0.15, 0.2) is 0 Å². The first-order valence-corrected chi connectivity index (χ1v) is 6.43. The summed E-state index contributed by atoms with van der Waals surface area (Å²) in [6.07, 6.45) is 2.67. The van der Waals surface area contributed by atoms with E-state index >= 15 is 0 Å². The van der Waals surface area contributed by atoms with Crippen molar-refractivity contribution in [3.05, 3.63) is 29.8 Å². The van der Waals surface area contributed by atoms with Crippen LogP contribution in [0.1, 0.15) is 18.4 Å². The maximum absolute atomic E-state index is 11.2. The minimum Gasteiger partial charge on any atom is -0.497 e. The predicted octanol–water partition coefficient (Wildman–Crippen LogP) is 2.95. The first-order valence-electron chi connectivity index (χ1n) is 5.52. The summed E-state index contributed by atoms with van der Waals surface area (Å²) in [5.41, 5.74) is 1.25. The highest BCUT2D eigenvalue weighted by Gasteiger charge is 2.14. The van der Waals surface area contributed by atoms with Crippen molar-refractivity contribution in [3.63, 3.8) is 0 Å². The van der Waals surface area contributed by atoms with Gasteiger partial charge in [0.1, 0.15) is 10.6 Å². The van der Waals surface area contributed by atoms with E-state index in [9.17, 15) is 4.79 Å². The molecule has 1 unspecified atom stereocenters. The summed E-state index contributed by atoms with van der Waals surface area (Å²) in [7, 11) is 3.06. The summed E-state index contributed by atoms with van der Waals surface area (Å²) in [6, 6.07) is 7.98. The van der Waals surface area contributed by atoms with Crippen LogP contribution < -0.4 is 4.74 Å². The number of aryl methyl sites for hydroxylation is 1. The van der Waals surface area contributed by atoms with Crippen LogP contribution in [0.25, 0.3) is 0 Å². The Morgan fingerprint density at radius 2 is 1.94 bits per heavy atom. The van der Waals surface area contributed by atoms with Gasteiger partial charge in [0.05, 0.1) is 14.2 Å². The summed E-state index contributed by atoms with van der Waals surface area (Å²) in [5.74, 6) is 0.654. The minimum atomic E-state index is -0.209. The van der Waals surface area contributed by atoms with E-state index in [1.807, 2.05) is 24.3 Å². The van der Waals surface area contributed by atoms with Crippen molar-refractivity contribution < 1.29 is 14.3 Å². The number of carbonyl (C=O) groups excluding carboxylic acids is 1. The fourth-order valence-corrected chi connectivity index (χ4v) is 2.03. The number of carbonyl (C=O) groups is 1. The van der Waals surface area contributed by atoms with Crippen molar-refractivity contribution >= 4 is 21.9 Å². The Hall–Kier alpha value is -1.03. The molecule has 17 heavy (non-hydrogen) atoms. The van der Waals surface area contributed by atoms with Crippen LogP contribution in [0.4, 0.5) is 0 Å². The lowest BCUT2D eigenvalue weighted by Crippen LogP contribution is -2.15. The lowest BCUT2D eigenvalue weighted by Gasteiger charge is -2.07. The number of rotatable bonds is 6. The molecule has 0 aliphatic carbocycles. The van der Waals surface area contributed by atoms with Crippen molar-refractivity contribution in [1.29, 1.82) is 0 Å². The van der Waals surface area contributed by atoms with E-state index in [0.29, 0.717) is 0 Å². The number of alkyl halides is 1. The van der Waals surface area contributed by atoms with Gasteiger partial charge in [-0.15, -0.1) is 0 Å². The quantitative estimate of drug-likeness (QED) is 0.598. The van der Waals surface area contributed by atoms with E-state index in [-0.39, 0.29) is 10.8 Å². The molecule has 1 aromatic carbocycles. The molecule has 0 saturated carbocycles.